The lowest BCUT2D eigenvalue weighted by atomic mass is 10.1. The maximum Gasteiger partial charge on any atom is 0.240 e. The fourth-order valence-corrected chi connectivity index (χ4v) is 3.96. The summed E-state index contributed by atoms with van der Waals surface area (Å²) < 4.78 is 26.1. The SMILES string of the molecule is CCNC(=NCc1cccc(S(=O)(=O)NC)c1)NCC(C)(O)c1cccs1.I. The van der Waals surface area contributed by atoms with Gasteiger partial charge in [-0.15, -0.1) is 35.3 Å². The van der Waals surface area contributed by atoms with Crippen molar-refractivity contribution in [3.05, 3.63) is 52.2 Å². The number of rotatable bonds is 8. The fourth-order valence-electron chi connectivity index (χ4n) is 2.37. The van der Waals surface area contributed by atoms with E-state index in [0.29, 0.717) is 25.6 Å². The highest BCUT2D eigenvalue weighted by atomic mass is 127. The second kappa shape index (κ2) is 11.1. The van der Waals surface area contributed by atoms with Crippen molar-refractivity contribution < 1.29 is 13.5 Å². The fraction of sp³-hybridized carbons (Fsp3) is 0.389. The molecule has 2 rings (SSSR count). The Hall–Kier alpha value is -1.21. The zero-order valence-corrected chi connectivity index (χ0v) is 20.1. The van der Waals surface area contributed by atoms with Crippen LogP contribution in [-0.4, -0.2) is 39.6 Å². The number of aliphatic hydroxyl groups is 1. The van der Waals surface area contributed by atoms with Gasteiger partial charge < -0.3 is 15.7 Å². The van der Waals surface area contributed by atoms with Crippen molar-refractivity contribution in [2.75, 3.05) is 20.1 Å². The van der Waals surface area contributed by atoms with Crippen molar-refractivity contribution >= 4 is 51.3 Å². The molecule has 0 aliphatic carbocycles. The highest BCUT2D eigenvalue weighted by Gasteiger charge is 2.24. The van der Waals surface area contributed by atoms with Crippen molar-refractivity contribution in [3.8, 4) is 0 Å². The van der Waals surface area contributed by atoms with Crippen LogP contribution in [0.2, 0.25) is 0 Å². The second-order valence-corrected chi connectivity index (χ2v) is 8.99. The molecular weight excluding hydrogens is 511 g/mol. The Morgan fingerprint density at radius 3 is 2.61 bits per heavy atom. The summed E-state index contributed by atoms with van der Waals surface area (Å²) in [6.45, 7) is 4.98. The monoisotopic (exact) mass is 538 g/mol. The molecule has 10 heteroatoms. The zero-order chi connectivity index (χ0) is 19.9. The Bertz CT molecular complexity index is 869. The van der Waals surface area contributed by atoms with E-state index in [1.165, 1.54) is 18.4 Å². The average Bonchev–Trinajstić information content (AvgIpc) is 3.20. The minimum atomic E-state index is -3.49. The first-order valence-electron chi connectivity index (χ1n) is 8.59. The van der Waals surface area contributed by atoms with Gasteiger partial charge in [0.2, 0.25) is 10.0 Å². The maximum atomic E-state index is 11.9. The van der Waals surface area contributed by atoms with Crippen molar-refractivity contribution in [2.45, 2.75) is 30.9 Å². The van der Waals surface area contributed by atoms with E-state index in [9.17, 15) is 13.5 Å². The van der Waals surface area contributed by atoms with Gasteiger partial charge in [0, 0.05) is 11.4 Å². The maximum absolute atomic E-state index is 11.9. The Labute approximate surface area is 187 Å². The summed E-state index contributed by atoms with van der Waals surface area (Å²) in [7, 11) is -2.10. The lowest BCUT2D eigenvalue weighted by molar-refractivity contribution is 0.0655. The summed E-state index contributed by atoms with van der Waals surface area (Å²) in [6.07, 6.45) is 0. The minimum Gasteiger partial charge on any atom is -0.383 e. The molecule has 0 radical (unpaired) electrons. The summed E-state index contributed by atoms with van der Waals surface area (Å²) in [6, 6.07) is 10.5. The first-order valence-corrected chi connectivity index (χ1v) is 11.0. The molecule has 1 atom stereocenters. The highest BCUT2D eigenvalue weighted by Crippen LogP contribution is 2.24. The van der Waals surface area contributed by atoms with Crippen LogP contribution in [0.5, 0.6) is 0 Å². The predicted octanol–water partition coefficient (Wildman–Crippen LogP) is 2.24. The highest BCUT2D eigenvalue weighted by molar-refractivity contribution is 14.0. The van der Waals surface area contributed by atoms with Gasteiger partial charge in [-0.05, 0) is 50.0 Å². The van der Waals surface area contributed by atoms with Crippen molar-refractivity contribution in [3.63, 3.8) is 0 Å². The van der Waals surface area contributed by atoms with E-state index in [1.54, 1.807) is 25.1 Å². The van der Waals surface area contributed by atoms with Crippen LogP contribution in [0.1, 0.15) is 24.3 Å². The summed E-state index contributed by atoms with van der Waals surface area (Å²) in [5, 5.41) is 18.8. The van der Waals surface area contributed by atoms with Gasteiger partial charge in [0.1, 0.15) is 5.60 Å². The molecule has 1 heterocycles. The molecule has 2 aromatic rings. The molecule has 28 heavy (non-hydrogen) atoms. The smallest absolute Gasteiger partial charge is 0.240 e. The number of nitrogens with one attached hydrogen (secondary N) is 3. The summed E-state index contributed by atoms with van der Waals surface area (Å²) in [5.74, 6) is 0.552. The van der Waals surface area contributed by atoms with E-state index in [2.05, 4.69) is 20.3 Å². The number of thiophene rings is 1. The van der Waals surface area contributed by atoms with Crippen molar-refractivity contribution in [1.29, 1.82) is 0 Å². The number of hydrogen-bond donors (Lipinski definition) is 4. The number of guanidine groups is 1. The quantitative estimate of drug-likeness (QED) is 0.235. The molecule has 0 aliphatic rings. The lowest BCUT2D eigenvalue weighted by Crippen LogP contribution is -2.44. The molecule has 0 saturated carbocycles. The lowest BCUT2D eigenvalue weighted by Gasteiger charge is -2.23. The first-order chi connectivity index (χ1) is 12.8. The number of benzene rings is 1. The summed E-state index contributed by atoms with van der Waals surface area (Å²) in [5.41, 5.74) is -0.237. The molecular formula is C18H27IN4O3S2. The molecule has 4 N–H and O–H groups in total. The van der Waals surface area contributed by atoms with E-state index >= 15 is 0 Å². The van der Waals surface area contributed by atoms with Crippen molar-refractivity contribution in [2.24, 2.45) is 4.99 Å². The van der Waals surface area contributed by atoms with Gasteiger partial charge in [-0.1, -0.05) is 18.2 Å². The van der Waals surface area contributed by atoms with Crippen LogP contribution in [0, 0.1) is 0 Å². The molecule has 0 saturated heterocycles. The van der Waals surface area contributed by atoms with Crippen LogP contribution >= 0.6 is 35.3 Å². The third-order valence-corrected chi connectivity index (χ3v) is 6.43. The van der Waals surface area contributed by atoms with Gasteiger partial charge in [-0.2, -0.15) is 0 Å². The summed E-state index contributed by atoms with van der Waals surface area (Å²) >= 11 is 1.50. The molecule has 7 nitrogen and oxygen atoms in total. The Balaban J connectivity index is 0.00000392. The molecule has 0 amide bonds. The van der Waals surface area contributed by atoms with E-state index in [-0.39, 0.29) is 28.9 Å². The Morgan fingerprint density at radius 2 is 2.00 bits per heavy atom. The van der Waals surface area contributed by atoms with Crippen molar-refractivity contribution in [1.82, 2.24) is 15.4 Å². The average molecular weight is 538 g/mol. The van der Waals surface area contributed by atoms with Crippen LogP contribution in [0.3, 0.4) is 0 Å². The van der Waals surface area contributed by atoms with Gasteiger partial charge >= 0.3 is 0 Å². The molecule has 1 aromatic carbocycles. The zero-order valence-electron chi connectivity index (χ0n) is 16.1. The minimum absolute atomic E-state index is 0. The van der Waals surface area contributed by atoms with Gasteiger partial charge in [0.05, 0.1) is 18.0 Å². The van der Waals surface area contributed by atoms with E-state index in [1.807, 2.05) is 30.5 Å². The number of aliphatic imine (C=N–C) groups is 1. The number of nitrogens with zero attached hydrogens (tertiary/aromatic N) is 1. The van der Waals surface area contributed by atoms with Gasteiger partial charge in [0.25, 0.3) is 0 Å². The molecule has 0 spiro atoms. The van der Waals surface area contributed by atoms with Gasteiger partial charge in [-0.3, -0.25) is 0 Å². The standard InChI is InChI=1S/C18H26N4O3S2.HI/c1-4-20-17(22-13-18(2,23)16-9-6-10-26-16)21-12-14-7-5-8-15(11-14)27(24,25)19-3;/h5-11,19,23H,4,12-13H2,1-3H3,(H2,20,21,22);1H. The van der Waals surface area contributed by atoms with Gasteiger partial charge in [0.15, 0.2) is 5.96 Å². The Morgan fingerprint density at radius 1 is 1.25 bits per heavy atom. The Kier molecular flexibility index (Phi) is 9.84. The first kappa shape index (κ1) is 24.8. The van der Waals surface area contributed by atoms with E-state index in [0.717, 1.165) is 10.4 Å². The van der Waals surface area contributed by atoms with E-state index in [4.69, 9.17) is 0 Å². The van der Waals surface area contributed by atoms with Crippen LogP contribution in [0.15, 0.2) is 51.7 Å². The summed E-state index contributed by atoms with van der Waals surface area (Å²) in [4.78, 5) is 5.56. The van der Waals surface area contributed by atoms with E-state index < -0.39 is 15.6 Å². The number of hydrogen-bond acceptors (Lipinski definition) is 5. The number of sulfonamides is 1. The third-order valence-electron chi connectivity index (χ3n) is 3.89. The second-order valence-electron chi connectivity index (χ2n) is 6.15. The molecule has 1 unspecified atom stereocenters. The molecule has 0 bridgehead atoms. The normalized spacial score (nSPS) is 14.1. The number of halogens is 1. The van der Waals surface area contributed by atoms with Crippen LogP contribution in [0.25, 0.3) is 0 Å². The van der Waals surface area contributed by atoms with Crippen LogP contribution in [0.4, 0.5) is 0 Å². The topological polar surface area (TPSA) is 103 Å². The van der Waals surface area contributed by atoms with Gasteiger partial charge in [-0.25, -0.2) is 18.1 Å². The predicted molar refractivity (Wildman–Crippen MR) is 125 cm³/mol. The molecule has 0 aliphatic heterocycles. The largest absolute Gasteiger partial charge is 0.383 e. The van der Waals surface area contributed by atoms with Crippen LogP contribution < -0.4 is 15.4 Å². The molecule has 0 fully saturated rings. The third kappa shape index (κ3) is 6.99. The molecule has 1 aromatic heterocycles. The molecule has 156 valence electrons. The van der Waals surface area contributed by atoms with Crippen LogP contribution in [-0.2, 0) is 22.2 Å².